The topological polar surface area (TPSA) is 140 Å². The lowest BCUT2D eigenvalue weighted by Gasteiger charge is -2.68. The van der Waals surface area contributed by atoms with Crippen molar-refractivity contribution >= 4 is 17.7 Å². The van der Waals surface area contributed by atoms with E-state index in [1.807, 2.05) is 0 Å². The Bertz CT molecular complexity index is 958. The van der Waals surface area contributed by atoms with E-state index in [9.17, 15) is 29.7 Å². The van der Waals surface area contributed by atoms with Gasteiger partial charge in [-0.05, 0) is 32.3 Å². The molecule has 0 unspecified atom stereocenters. The molecule has 2 aliphatic heterocycles. The van der Waals surface area contributed by atoms with E-state index in [-0.39, 0.29) is 12.5 Å². The van der Waals surface area contributed by atoms with Crippen molar-refractivity contribution in [2.45, 2.75) is 77.2 Å². The van der Waals surface area contributed by atoms with Crippen molar-refractivity contribution in [3.63, 3.8) is 0 Å². The van der Waals surface area contributed by atoms with Gasteiger partial charge < -0.3 is 29.5 Å². The molecular formula is C24H32O9. The maximum absolute atomic E-state index is 13.2. The molecule has 9 heteroatoms. The van der Waals surface area contributed by atoms with Crippen molar-refractivity contribution in [2.75, 3.05) is 6.61 Å². The number of ether oxygens (including phenoxy) is 3. The van der Waals surface area contributed by atoms with Crippen molar-refractivity contribution in [1.29, 1.82) is 0 Å². The van der Waals surface area contributed by atoms with Crippen LogP contribution in [-0.2, 0) is 28.6 Å². The minimum Gasteiger partial charge on any atom is -0.459 e. The number of carbonyl (C=O) groups is 3. The van der Waals surface area contributed by atoms with Crippen molar-refractivity contribution in [3.05, 3.63) is 11.6 Å². The van der Waals surface area contributed by atoms with Crippen LogP contribution in [0.5, 0.6) is 0 Å². The maximum Gasteiger partial charge on any atom is 0.348 e. The quantitative estimate of drug-likeness (QED) is 0.487. The van der Waals surface area contributed by atoms with Gasteiger partial charge in [-0.3, -0.25) is 9.59 Å². The van der Waals surface area contributed by atoms with Gasteiger partial charge in [-0.15, -0.1) is 0 Å². The normalized spacial score (nSPS) is 52.6. The predicted molar refractivity (Wildman–Crippen MR) is 111 cm³/mol. The highest BCUT2D eigenvalue weighted by Gasteiger charge is 2.82. The largest absolute Gasteiger partial charge is 0.459 e. The van der Waals surface area contributed by atoms with Crippen LogP contribution in [0.4, 0.5) is 0 Å². The molecule has 3 aliphatic carbocycles. The van der Waals surface area contributed by atoms with Crippen LogP contribution in [0.3, 0.4) is 0 Å². The molecule has 3 N–H and O–H groups in total. The standard InChI is InChI=1S/C24H32O9/c1-9(2)20(29)33-15-17-23(5)19(28)14(26)16-22(4)11(10(3)6-12(25)18(22)27)7-13(32-21(15)30)24(16,17)8-31-23/h6,9,11,13-19,26-28H,7-8H2,1-5H3/t11-,13+,14+,15+,16+,17-,18+,19-,22-,23+,24+/m0/s1. The van der Waals surface area contributed by atoms with E-state index in [4.69, 9.17) is 14.2 Å². The van der Waals surface area contributed by atoms with Gasteiger partial charge in [0.1, 0.15) is 23.9 Å². The molecule has 0 aromatic rings. The molecule has 2 saturated carbocycles. The van der Waals surface area contributed by atoms with E-state index < -0.39 is 82.4 Å². The number of fused-ring (bicyclic) bond motifs is 2. The van der Waals surface area contributed by atoms with Crippen LogP contribution < -0.4 is 0 Å². The second kappa shape index (κ2) is 6.87. The summed E-state index contributed by atoms with van der Waals surface area (Å²) >= 11 is 0. The van der Waals surface area contributed by atoms with Crippen LogP contribution in [0.15, 0.2) is 11.6 Å². The number of hydrogen-bond donors (Lipinski definition) is 3. The Labute approximate surface area is 192 Å². The molecule has 0 aromatic carbocycles. The zero-order valence-corrected chi connectivity index (χ0v) is 19.5. The lowest BCUT2D eigenvalue weighted by Crippen LogP contribution is -2.78. The summed E-state index contributed by atoms with van der Waals surface area (Å²) in [5.41, 5.74) is -2.84. The maximum atomic E-state index is 13.2. The lowest BCUT2D eigenvalue weighted by molar-refractivity contribution is -0.297. The molecule has 9 nitrogen and oxygen atoms in total. The Kier molecular flexibility index (Phi) is 4.78. The van der Waals surface area contributed by atoms with Gasteiger partial charge in [0.15, 0.2) is 5.78 Å². The molecular weight excluding hydrogens is 432 g/mol. The first-order chi connectivity index (χ1) is 15.3. The van der Waals surface area contributed by atoms with Gasteiger partial charge in [0.05, 0.1) is 24.5 Å². The molecule has 0 amide bonds. The van der Waals surface area contributed by atoms with Gasteiger partial charge >= 0.3 is 11.9 Å². The van der Waals surface area contributed by atoms with Crippen molar-refractivity contribution in [1.82, 2.24) is 0 Å². The highest BCUT2D eigenvalue weighted by Crippen LogP contribution is 2.72. The number of hydrogen-bond acceptors (Lipinski definition) is 9. The summed E-state index contributed by atoms with van der Waals surface area (Å²) in [4.78, 5) is 38.4. The predicted octanol–water partition coefficient (Wildman–Crippen LogP) is 0.139. The fourth-order valence-electron chi connectivity index (χ4n) is 7.94. The van der Waals surface area contributed by atoms with Crippen LogP contribution >= 0.6 is 0 Å². The number of allylic oxidation sites excluding steroid dienone is 1. The Balaban J connectivity index is 1.72. The molecule has 2 bridgehead atoms. The highest BCUT2D eigenvalue weighted by molar-refractivity contribution is 5.96. The fraction of sp³-hybridized carbons (Fsp3) is 0.792. The van der Waals surface area contributed by atoms with E-state index in [2.05, 4.69) is 0 Å². The van der Waals surface area contributed by atoms with Crippen LogP contribution in [0.2, 0.25) is 0 Å². The smallest absolute Gasteiger partial charge is 0.348 e. The third-order valence-electron chi connectivity index (χ3n) is 9.42. The first-order valence-corrected chi connectivity index (χ1v) is 11.6. The van der Waals surface area contributed by atoms with Crippen LogP contribution in [0.1, 0.15) is 41.0 Å². The summed E-state index contributed by atoms with van der Waals surface area (Å²) in [5, 5.41) is 33.9. The SMILES string of the molecule is CC1=CC(=O)[C@@H](O)[C@]2(C)[C@H]3[C@@H](O)[C@H](O)[C@]4(C)OC[C@@]35[C@@H](C[C@@H]12)OC(=O)[C@H](OC(=O)C(C)C)[C@@H]45. The average molecular weight is 465 g/mol. The number of rotatable bonds is 2. The number of aliphatic hydroxyl groups excluding tert-OH is 3. The van der Waals surface area contributed by atoms with Gasteiger partial charge in [-0.1, -0.05) is 26.3 Å². The summed E-state index contributed by atoms with van der Waals surface area (Å²) in [6.07, 6.45) is -4.48. The van der Waals surface area contributed by atoms with E-state index in [0.717, 1.165) is 5.57 Å². The summed E-state index contributed by atoms with van der Waals surface area (Å²) in [6.45, 7) is 8.50. The molecule has 1 spiro atoms. The van der Waals surface area contributed by atoms with Crippen LogP contribution in [-0.4, -0.2) is 75.8 Å². The van der Waals surface area contributed by atoms with Gasteiger partial charge in [0.2, 0.25) is 6.10 Å². The number of carbonyl (C=O) groups excluding carboxylic acids is 3. The van der Waals surface area contributed by atoms with Crippen molar-refractivity contribution in [3.8, 4) is 0 Å². The van der Waals surface area contributed by atoms with Gasteiger partial charge in [-0.2, -0.15) is 0 Å². The highest BCUT2D eigenvalue weighted by atomic mass is 16.6. The van der Waals surface area contributed by atoms with Gasteiger partial charge in [0.25, 0.3) is 0 Å². The van der Waals surface area contributed by atoms with Crippen molar-refractivity contribution < 1.29 is 43.9 Å². The van der Waals surface area contributed by atoms with Crippen LogP contribution in [0.25, 0.3) is 0 Å². The minimum absolute atomic E-state index is 0.0343. The zero-order chi connectivity index (χ0) is 24.2. The summed E-state index contributed by atoms with van der Waals surface area (Å²) in [5.74, 6) is -4.25. The molecule has 5 rings (SSSR count). The molecule has 0 aromatic heterocycles. The first-order valence-electron chi connectivity index (χ1n) is 11.6. The number of aliphatic hydroxyl groups is 3. The van der Waals surface area contributed by atoms with Gasteiger partial charge in [0, 0.05) is 16.7 Å². The van der Waals surface area contributed by atoms with Crippen LogP contribution in [0, 0.1) is 34.5 Å². The summed E-state index contributed by atoms with van der Waals surface area (Å²) < 4.78 is 17.7. The molecule has 5 aliphatic rings. The lowest BCUT2D eigenvalue weighted by atomic mass is 9.38. The Morgan fingerprint density at radius 1 is 1.18 bits per heavy atom. The Morgan fingerprint density at radius 2 is 1.85 bits per heavy atom. The molecule has 2 saturated heterocycles. The first kappa shape index (κ1) is 23.0. The molecule has 11 atom stereocenters. The third kappa shape index (κ3) is 2.54. The van der Waals surface area contributed by atoms with E-state index in [0.29, 0.717) is 6.42 Å². The summed E-state index contributed by atoms with van der Waals surface area (Å²) in [6, 6.07) is 0. The third-order valence-corrected chi connectivity index (χ3v) is 9.42. The Hall–Kier alpha value is -1.81. The molecule has 0 radical (unpaired) electrons. The minimum atomic E-state index is -1.43. The van der Waals surface area contributed by atoms with E-state index in [1.165, 1.54) is 6.08 Å². The average Bonchev–Trinajstić information content (AvgIpc) is 3.01. The summed E-state index contributed by atoms with van der Waals surface area (Å²) in [7, 11) is 0. The fourth-order valence-corrected chi connectivity index (χ4v) is 7.94. The monoisotopic (exact) mass is 464 g/mol. The van der Waals surface area contributed by atoms with E-state index >= 15 is 0 Å². The van der Waals surface area contributed by atoms with E-state index in [1.54, 1.807) is 34.6 Å². The molecule has 33 heavy (non-hydrogen) atoms. The zero-order valence-electron chi connectivity index (χ0n) is 19.5. The number of esters is 2. The molecule has 2 heterocycles. The van der Waals surface area contributed by atoms with Crippen molar-refractivity contribution in [2.24, 2.45) is 34.5 Å². The second-order valence-corrected chi connectivity index (χ2v) is 11.3. The van der Waals surface area contributed by atoms with Gasteiger partial charge in [-0.25, -0.2) is 4.79 Å². The molecule has 182 valence electrons. The second-order valence-electron chi connectivity index (χ2n) is 11.3. The Morgan fingerprint density at radius 3 is 2.48 bits per heavy atom. The molecule has 4 fully saturated rings. The number of ketones is 1.